The number of rotatable bonds is 7. The van der Waals surface area contributed by atoms with Gasteiger partial charge in [-0.2, -0.15) is 0 Å². The summed E-state index contributed by atoms with van der Waals surface area (Å²) in [6, 6.07) is 0. The van der Waals surface area contributed by atoms with Crippen LogP contribution in [-0.4, -0.2) is 18.1 Å². The lowest BCUT2D eigenvalue weighted by molar-refractivity contribution is -0.156. The van der Waals surface area contributed by atoms with Gasteiger partial charge >= 0.3 is 5.97 Å². The zero-order chi connectivity index (χ0) is 11.0. The molecule has 3 heteroatoms. The van der Waals surface area contributed by atoms with Crippen molar-refractivity contribution in [1.29, 1.82) is 0 Å². The summed E-state index contributed by atoms with van der Waals surface area (Å²) in [5, 5.41) is 0. The molecular weight excluding hydrogens is 178 g/mol. The Morgan fingerprint density at radius 1 is 1.36 bits per heavy atom. The average molecular weight is 201 g/mol. The molecule has 0 saturated heterocycles. The van der Waals surface area contributed by atoms with Gasteiger partial charge in [0.1, 0.15) is 5.60 Å². The molecule has 0 unspecified atom stereocenters. The Hall–Kier alpha value is -0.570. The molecule has 0 rings (SSSR count). The van der Waals surface area contributed by atoms with Crippen molar-refractivity contribution in [2.75, 3.05) is 6.54 Å². The van der Waals surface area contributed by atoms with Gasteiger partial charge < -0.3 is 10.5 Å². The lowest BCUT2D eigenvalue weighted by Gasteiger charge is -2.24. The average Bonchev–Trinajstić information content (AvgIpc) is 2.03. The molecule has 3 nitrogen and oxygen atoms in total. The molecule has 0 aromatic carbocycles. The molecular formula is C11H23NO2. The molecule has 0 aliphatic carbocycles. The second-order valence-corrected chi connectivity index (χ2v) is 4.23. The molecule has 0 spiro atoms. The van der Waals surface area contributed by atoms with Crippen molar-refractivity contribution in [1.82, 2.24) is 0 Å². The van der Waals surface area contributed by atoms with E-state index in [2.05, 4.69) is 6.92 Å². The second-order valence-electron chi connectivity index (χ2n) is 4.23. The highest BCUT2D eigenvalue weighted by atomic mass is 16.6. The van der Waals surface area contributed by atoms with Crippen LogP contribution in [0.25, 0.3) is 0 Å². The number of ether oxygens (including phenoxy) is 1. The largest absolute Gasteiger partial charge is 0.460 e. The maximum Gasteiger partial charge on any atom is 0.306 e. The Labute approximate surface area is 87.0 Å². The fraction of sp³-hybridized carbons (Fsp3) is 0.909. The summed E-state index contributed by atoms with van der Waals surface area (Å²) in [4.78, 5) is 11.3. The van der Waals surface area contributed by atoms with Crippen LogP contribution < -0.4 is 5.73 Å². The van der Waals surface area contributed by atoms with E-state index in [9.17, 15) is 4.79 Å². The summed E-state index contributed by atoms with van der Waals surface area (Å²) in [6.07, 6.45) is 4.38. The van der Waals surface area contributed by atoms with Crippen molar-refractivity contribution in [3.63, 3.8) is 0 Å². The SMILES string of the molecule is CCCCCC(=O)OC(C)(C)CCN. The monoisotopic (exact) mass is 201 g/mol. The summed E-state index contributed by atoms with van der Waals surface area (Å²) in [6.45, 7) is 6.47. The predicted octanol–water partition coefficient (Wildman–Crippen LogP) is 2.24. The minimum absolute atomic E-state index is 0.100. The van der Waals surface area contributed by atoms with Gasteiger partial charge in [-0.25, -0.2) is 0 Å². The van der Waals surface area contributed by atoms with Gasteiger partial charge in [0.15, 0.2) is 0 Å². The molecule has 0 amide bonds. The van der Waals surface area contributed by atoms with Gasteiger partial charge in [0.25, 0.3) is 0 Å². The van der Waals surface area contributed by atoms with Crippen LogP contribution >= 0.6 is 0 Å². The third-order valence-corrected chi connectivity index (χ3v) is 2.12. The van der Waals surface area contributed by atoms with Gasteiger partial charge in [-0.15, -0.1) is 0 Å². The molecule has 0 saturated carbocycles. The lowest BCUT2D eigenvalue weighted by Crippen LogP contribution is -2.30. The van der Waals surface area contributed by atoms with Crippen molar-refractivity contribution in [2.24, 2.45) is 5.73 Å². The third kappa shape index (κ3) is 6.89. The Morgan fingerprint density at radius 2 is 2.00 bits per heavy atom. The van der Waals surface area contributed by atoms with Gasteiger partial charge in [-0.1, -0.05) is 19.8 Å². The lowest BCUT2D eigenvalue weighted by atomic mass is 10.1. The topological polar surface area (TPSA) is 52.3 Å². The second kappa shape index (κ2) is 6.82. The molecule has 0 aliphatic rings. The first-order chi connectivity index (χ1) is 6.52. The van der Waals surface area contributed by atoms with Gasteiger partial charge in [0, 0.05) is 6.42 Å². The Kier molecular flexibility index (Phi) is 6.54. The summed E-state index contributed by atoms with van der Waals surface area (Å²) in [5.74, 6) is -0.100. The van der Waals surface area contributed by atoms with Crippen LogP contribution in [0.2, 0.25) is 0 Å². The first-order valence-corrected chi connectivity index (χ1v) is 5.43. The highest BCUT2D eigenvalue weighted by molar-refractivity contribution is 5.69. The summed E-state index contributed by atoms with van der Waals surface area (Å²) in [7, 11) is 0. The third-order valence-electron chi connectivity index (χ3n) is 2.12. The van der Waals surface area contributed by atoms with Crippen LogP contribution in [0.3, 0.4) is 0 Å². The fourth-order valence-corrected chi connectivity index (χ4v) is 1.28. The molecule has 0 radical (unpaired) electrons. The van der Waals surface area contributed by atoms with Crippen molar-refractivity contribution >= 4 is 5.97 Å². The van der Waals surface area contributed by atoms with Crippen LogP contribution in [0.4, 0.5) is 0 Å². The molecule has 0 atom stereocenters. The van der Waals surface area contributed by atoms with Gasteiger partial charge in [-0.3, -0.25) is 4.79 Å². The van der Waals surface area contributed by atoms with E-state index in [4.69, 9.17) is 10.5 Å². The summed E-state index contributed by atoms with van der Waals surface area (Å²) in [5.41, 5.74) is 5.02. The van der Waals surface area contributed by atoms with Crippen molar-refractivity contribution < 1.29 is 9.53 Å². The number of hydrogen-bond acceptors (Lipinski definition) is 3. The van der Waals surface area contributed by atoms with Crippen LogP contribution in [0.1, 0.15) is 52.9 Å². The molecule has 0 bridgehead atoms. The van der Waals surface area contributed by atoms with E-state index in [0.717, 1.165) is 19.3 Å². The van der Waals surface area contributed by atoms with Crippen molar-refractivity contribution in [3.05, 3.63) is 0 Å². The molecule has 84 valence electrons. The molecule has 14 heavy (non-hydrogen) atoms. The first-order valence-electron chi connectivity index (χ1n) is 5.43. The van der Waals surface area contributed by atoms with Crippen molar-refractivity contribution in [3.8, 4) is 0 Å². The van der Waals surface area contributed by atoms with Crippen molar-refractivity contribution in [2.45, 2.75) is 58.5 Å². The standard InChI is InChI=1S/C11H23NO2/c1-4-5-6-7-10(13)14-11(2,3)8-9-12/h4-9,12H2,1-3H3. The Bertz CT molecular complexity index is 167. The first kappa shape index (κ1) is 13.4. The van der Waals surface area contributed by atoms with Gasteiger partial charge in [0.2, 0.25) is 0 Å². The number of carbonyl (C=O) groups is 1. The smallest absolute Gasteiger partial charge is 0.306 e. The highest BCUT2D eigenvalue weighted by Gasteiger charge is 2.21. The number of nitrogens with two attached hydrogens (primary N) is 1. The van der Waals surface area contributed by atoms with E-state index in [1.54, 1.807) is 0 Å². The van der Waals surface area contributed by atoms with E-state index >= 15 is 0 Å². The minimum Gasteiger partial charge on any atom is -0.460 e. The van der Waals surface area contributed by atoms with Crippen LogP contribution in [0, 0.1) is 0 Å². The zero-order valence-corrected chi connectivity index (χ0v) is 9.64. The number of carbonyl (C=O) groups excluding carboxylic acids is 1. The molecule has 0 heterocycles. The van der Waals surface area contributed by atoms with Crippen LogP contribution in [-0.2, 0) is 9.53 Å². The van der Waals surface area contributed by atoms with Gasteiger partial charge in [-0.05, 0) is 33.2 Å². The Balaban J connectivity index is 3.69. The van der Waals surface area contributed by atoms with E-state index in [0.29, 0.717) is 19.4 Å². The highest BCUT2D eigenvalue weighted by Crippen LogP contribution is 2.15. The molecule has 0 aliphatic heterocycles. The quantitative estimate of drug-likeness (QED) is 0.507. The molecule has 0 aromatic heterocycles. The maximum atomic E-state index is 11.3. The van der Waals surface area contributed by atoms with E-state index < -0.39 is 5.60 Å². The van der Waals surface area contributed by atoms with E-state index in [1.165, 1.54) is 0 Å². The van der Waals surface area contributed by atoms with Crippen LogP contribution in [0.15, 0.2) is 0 Å². The number of unbranched alkanes of at least 4 members (excludes halogenated alkanes) is 2. The number of hydrogen-bond donors (Lipinski definition) is 1. The molecule has 0 aromatic rings. The van der Waals surface area contributed by atoms with Crippen LogP contribution in [0.5, 0.6) is 0 Å². The maximum absolute atomic E-state index is 11.3. The predicted molar refractivity (Wildman–Crippen MR) is 58.0 cm³/mol. The van der Waals surface area contributed by atoms with E-state index in [-0.39, 0.29) is 5.97 Å². The van der Waals surface area contributed by atoms with Gasteiger partial charge in [0.05, 0.1) is 0 Å². The fourth-order valence-electron chi connectivity index (χ4n) is 1.28. The zero-order valence-electron chi connectivity index (χ0n) is 9.64. The Morgan fingerprint density at radius 3 is 2.50 bits per heavy atom. The summed E-state index contributed by atoms with van der Waals surface area (Å²) < 4.78 is 5.31. The minimum atomic E-state index is -0.405. The molecule has 0 fully saturated rings. The summed E-state index contributed by atoms with van der Waals surface area (Å²) >= 11 is 0. The normalized spacial score (nSPS) is 11.4. The molecule has 2 N–H and O–H groups in total. The number of esters is 1. The van der Waals surface area contributed by atoms with E-state index in [1.807, 2.05) is 13.8 Å².